The Hall–Kier alpha value is -0.840. The maximum absolute atomic E-state index is 10.8. The van der Waals surface area contributed by atoms with Crippen molar-refractivity contribution in [3.63, 3.8) is 0 Å². The van der Waals surface area contributed by atoms with E-state index in [9.17, 15) is 9.59 Å². The second-order valence-corrected chi connectivity index (χ2v) is 2.48. The summed E-state index contributed by atoms with van der Waals surface area (Å²) in [7, 11) is 0. The molecule has 4 nitrogen and oxygen atoms in total. The SMILES string of the molecule is O=C1CCC(=O)N1OC=CBr. The van der Waals surface area contributed by atoms with E-state index in [2.05, 4.69) is 20.8 Å². The van der Waals surface area contributed by atoms with E-state index in [1.807, 2.05) is 0 Å². The molecule has 1 aliphatic heterocycles. The van der Waals surface area contributed by atoms with Crippen LogP contribution in [0.1, 0.15) is 12.8 Å². The Morgan fingerprint density at radius 1 is 1.36 bits per heavy atom. The van der Waals surface area contributed by atoms with Gasteiger partial charge in [-0.1, -0.05) is 15.9 Å². The fraction of sp³-hybridized carbons (Fsp3) is 0.333. The maximum Gasteiger partial charge on any atom is 0.263 e. The Morgan fingerprint density at radius 2 is 1.91 bits per heavy atom. The van der Waals surface area contributed by atoms with Gasteiger partial charge < -0.3 is 4.84 Å². The van der Waals surface area contributed by atoms with Gasteiger partial charge in [0.2, 0.25) is 0 Å². The average Bonchev–Trinajstić information content (AvgIpc) is 2.29. The molecule has 0 spiro atoms. The third-order valence-electron chi connectivity index (χ3n) is 1.22. The predicted molar refractivity (Wildman–Crippen MR) is 40.2 cm³/mol. The number of imide groups is 1. The smallest absolute Gasteiger partial charge is 0.263 e. The van der Waals surface area contributed by atoms with E-state index in [1.54, 1.807) is 0 Å². The van der Waals surface area contributed by atoms with Crippen molar-refractivity contribution in [3.05, 3.63) is 11.2 Å². The molecule has 0 aliphatic carbocycles. The highest BCUT2D eigenvalue weighted by Crippen LogP contribution is 2.11. The first-order chi connectivity index (χ1) is 5.25. The molecule has 2 amide bonds. The van der Waals surface area contributed by atoms with Gasteiger partial charge in [0.1, 0.15) is 6.26 Å². The van der Waals surface area contributed by atoms with Crippen LogP contribution in [0.5, 0.6) is 0 Å². The number of carbonyl (C=O) groups excluding carboxylic acids is 2. The number of carbonyl (C=O) groups is 2. The highest BCUT2D eigenvalue weighted by molar-refractivity contribution is 9.11. The van der Waals surface area contributed by atoms with Crippen LogP contribution < -0.4 is 0 Å². The molecular formula is C6H6BrNO3. The van der Waals surface area contributed by atoms with Gasteiger partial charge in [0, 0.05) is 17.8 Å². The normalized spacial score (nSPS) is 18.5. The minimum Gasteiger partial charge on any atom is -0.376 e. The van der Waals surface area contributed by atoms with E-state index in [-0.39, 0.29) is 24.7 Å². The van der Waals surface area contributed by atoms with Crippen molar-refractivity contribution in [1.29, 1.82) is 0 Å². The Morgan fingerprint density at radius 3 is 2.36 bits per heavy atom. The largest absolute Gasteiger partial charge is 0.376 e. The lowest BCUT2D eigenvalue weighted by molar-refractivity contribution is -0.172. The summed E-state index contributed by atoms with van der Waals surface area (Å²) in [4.78, 5) is 27.7. The standard InChI is InChI=1S/C6H6BrNO3/c7-3-4-11-8-5(9)1-2-6(8)10/h3-4H,1-2H2. The molecule has 0 radical (unpaired) electrons. The lowest BCUT2D eigenvalue weighted by Gasteiger charge is -2.09. The van der Waals surface area contributed by atoms with Crippen LogP contribution in [0.2, 0.25) is 0 Å². The molecule has 1 fully saturated rings. The third-order valence-corrected chi connectivity index (χ3v) is 1.44. The monoisotopic (exact) mass is 219 g/mol. The van der Waals surface area contributed by atoms with E-state index in [4.69, 9.17) is 0 Å². The molecule has 1 rings (SSSR count). The van der Waals surface area contributed by atoms with Crippen LogP contribution in [-0.2, 0) is 14.4 Å². The molecule has 0 bridgehead atoms. The Balaban J connectivity index is 2.54. The molecular weight excluding hydrogens is 214 g/mol. The van der Waals surface area contributed by atoms with Gasteiger partial charge in [-0.25, -0.2) is 0 Å². The van der Waals surface area contributed by atoms with Crippen molar-refractivity contribution in [1.82, 2.24) is 5.06 Å². The van der Waals surface area contributed by atoms with E-state index in [0.29, 0.717) is 0 Å². The highest BCUT2D eigenvalue weighted by atomic mass is 79.9. The van der Waals surface area contributed by atoms with E-state index in [0.717, 1.165) is 5.06 Å². The quantitative estimate of drug-likeness (QED) is 0.513. The van der Waals surface area contributed by atoms with Gasteiger partial charge in [0.05, 0.1) is 0 Å². The van der Waals surface area contributed by atoms with Gasteiger partial charge in [0.25, 0.3) is 11.8 Å². The second kappa shape index (κ2) is 3.52. The van der Waals surface area contributed by atoms with Crippen LogP contribution in [0.25, 0.3) is 0 Å². The van der Waals surface area contributed by atoms with Gasteiger partial charge in [-0.2, -0.15) is 0 Å². The molecule has 0 aromatic carbocycles. The summed E-state index contributed by atoms with van der Waals surface area (Å²) < 4.78 is 0. The van der Waals surface area contributed by atoms with Crippen LogP contribution >= 0.6 is 15.9 Å². The van der Waals surface area contributed by atoms with E-state index >= 15 is 0 Å². The minimum absolute atomic E-state index is 0.245. The van der Waals surface area contributed by atoms with Crippen molar-refractivity contribution < 1.29 is 14.4 Å². The number of hydrogen-bond acceptors (Lipinski definition) is 3. The molecule has 0 aromatic heterocycles. The first-order valence-corrected chi connectivity index (χ1v) is 3.95. The van der Waals surface area contributed by atoms with Gasteiger partial charge in [0.15, 0.2) is 0 Å². The summed E-state index contributed by atoms with van der Waals surface area (Å²) in [6, 6.07) is 0. The van der Waals surface area contributed by atoms with Crippen LogP contribution in [-0.4, -0.2) is 16.9 Å². The Bertz CT molecular complexity index is 198. The zero-order valence-corrected chi connectivity index (χ0v) is 7.20. The van der Waals surface area contributed by atoms with Crippen molar-refractivity contribution in [2.75, 3.05) is 0 Å². The predicted octanol–water partition coefficient (Wildman–Crippen LogP) is 0.933. The molecule has 1 aliphatic rings. The molecule has 1 heterocycles. The van der Waals surface area contributed by atoms with Gasteiger partial charge in [-0.05, 0) is 0 Å². The number of hydrogen-bond donors (Lipinski definition) is 0. The van der Waals surface area contributed by atoms with Gasteiger partial charge in [-0.15, -0.1) is 5.06 Å². The Labute approximate surface area is 71.9 Å². The van der Waals surface area contributed by atoms with Crippen molar-refractivity contribution >= 4 is 27.7 Å². The van der Waals surface area contributed by atoms with Gasteiger partial charge >= 0.3 is 0 Å². The van der Waals surface area contributed by atoms with Crippen molar-refractivity contribution in [2.45, 2.75) is 12.8 Å². The first-order valence-electron chi connectivity index (χ1n) is 3.03. The minimum atomic E-state index is -0.291. The fourth-order valence-corrected chi connectivity index (χ4v) is 0.854. The topological polar surface area (TPSA) is 46.6 Å². The van der Waals surface area contributed by atoms with Crippen LogP contribution in [0.4, 0.5) is 0 Å². The summed E-state index contributed by atoms with van der Waals surface area (Å²) in [5.41, 5.74) is 0. The zero-order chi connectivity index (χ0) is 8.27. The number of amides is 2. The molecule has 0 N–H and O–H groups in total. The van der Waals surface area contributed by atoms with E-state index in [1.165, 1.54) is 11.2 Å². The summed E-state index contributed by atoms with van der Waals surface area (Å²) in [6.45, 7) is 0. The number of nitrogens with zero attached hydrogens (tertiary/aromatic N) is 1. The third kappa shape index (κ3) is 1.80. The first kappa shape index (κ1) is 8.26. The molecule has 0 aromatic rings. The van der Waals surface area contributed by atoms with E-state index < -0.39 is 0 Å². The molecule has 0 saturated carbocycles. The Kier molecular flexibility index (Phi) is 2.64. The maximum atomic E-state index is 10.8. The lowest BCUT2D eigenvalue weighted by Crippen LogP contribution is -2.26. The molecule has 0 unspecified atom stereocenters. The summed E-state index contributed by atoms with van der Waals surface area (Å²) in [5.74, 6) is -0.582. The molecule has 0 atom stereocenters. The number of hydroxylamine groups is 2. The van der Waals surface area contributed by atoms with Crippen molar-refractivity contribution in [2.24, 2.45) is 0 Å². The average molecular weight is 220 g/mol. The number of halogens is 1. The van der Waals surface area contributed by atoms with Crippen LogP contribution in [0.15, 0.2) is 11.2 Å². The molecule has 5 heteroatoms. The number of rotatable bonds is 2. The van der Waals surface area contributed by atoms with Crippen LogP contribution in [0, 0.1) is 0 Å². The van der Waals surface area contributed by atoms with Gasteiger partial charge in [-0.3, -0.25) is 9.59 Å². The second-order valence-electron chi connectivity index (χ2n) is 1.95. The summed E-state index contributed by atoms with van der Waals surface area (Å²) in [6.07, 6.45) is 1.71. The molecule has 1 saturated heterocycles. The molecule has 60 valence electrons. The lowest BCUT2D eigenvalue weighted by atomic mass is 10.4. The molecule has 11 heavy (non-hydrogen) atoms. The van der Waals surface area contributed by atoms with Crippen molar-refractivity contribution in [3.8, 4) is 0 Å². The fourth-order valence-electron chi connectivity index (χ4n) is 0.757. The summed E-state index contributed by atoms with van der Waals surface area (Å²) >= 11 is 2.94. The summed E-state index contributed by atoms with van der Waals surface area (Å²) in [5, 5.41) is 0.762. The zero-order valence-electron chi connectivity index (χ0n) is 5.62. The highest BCUT2D eigenvalue weighted by Gasteiger charge is 2.30. The van der Waals surface area contributed by atoms with Crippen LogP contribution in [0.3, 0.4) is 0 Å².